The molecule has 2 N–H and O–H groups in total. The number of rotatable bonds is 7. The van der Waals surface area contributed by atoms with E-state index in [0.29, 0.717) is 17.3 Å². The van der Waals surface area contributed by atoms with Gasteiger partial charge in [-0.15, -0.1) is 11.3 Å². The number of nitrogens with zero attached hydrogens (tertiary/aromatic N) is 1. The molecule has 132 valence electrons. The molecule has 0 saturated carbocycles. The zero-order valence-corrected chi connectivity index (χ0v) is 14.5. The fourth-order valence-corrected chi connectivity index (χ4v) is 3.01. The van der Waals surface area contributed by atoms with Gasteiger partial charge in [0.1, 0.15) is 5.75 Å². The van der Waals surface area contributed by atoms with Crippen LogP contribution in [0.25, 0.3) is 11.3 Å². The summed E-state index contributed by atoms with van der Waals surface area (Å²) >= 11 is 1.35. The number of aliphatic carboxylic acids is 1. The fourth-order valence-electron chi connectivity index (χ4n) is 2.28. The molecule has 0 radical (unpaired) electrons. The molecule has 1 heterocycles. The Morgan fingerprint density at radius 3 is 2.50 bits per heavy atom. The lowest BCUT2D eigenvalue weighted by atomic mass is 10.1. The molecule has 3 rings (SSSR count). The number of carbonyl (C=O) groups is 2. The van der Waals surface area contributed by atoms with Crippen molar-refractivity contribution in [2.75, 3.05) is 11.9 Å². The largest absolute Gasteiger partial charge is 0.482 e. The molecule has 1 aromatic heterocycles. The molecule has 0 aliphatic rings. The summed E-state index contributed by atoms with van der Waals surface area (Å²) in [7, 11) is 0. The van der Waals surface area contributed by atoms with Crippen molar-refractivity contribution >= 4 is 28.3 Å². The van der Waals surface area contributed by atoms with E-state index in [1.807, 2.05) is 35.7 Å². The molecule has 0 aliphatic heterocycles. The number of carboxylic acid groups (broad SMARTS) is 1. The molecule has 0 saturated heterocycles. The predicted octanol–water partition coefficient (Wildman–Crippen LogP) is 3.45. The third kappa shape index (κ3) is 4.90. The van der Waals surface area contributed by atoms with Crippen molar-refractivity contribution in [2.24, 2.45) is 0 Å². The van der Waals surface area contributed by atoms with E-state index in [4.69, 9.17) is 9.84 Å². The van der Waals surface area contributed by atoms with Gasteiger partial charge in [-0.05, 0) is 29.8 Å². The Hall–Kier alpha value is -3.19. The number of amides is 1. The van der Waals surface area contributed by atoms with Crippen LogP contribution >= 0.6 is 11.3 Å². The lowest BCUT2D eigenvalue weighted by Crippen LogP contribution is -2.14. The van der Waals surface area contributed by atoms with Crippen LogP contribution in [0.15, 0.2) is 60.0 Å². The summed E-state index contributed by atoms with van der Waals surface area (Å²) in [6.45, 7) is -0.381. The molecular formula is C19H16N2O4S. The first kappa shape index (κ1) is 17.6. The molecule has 0 fully saturated rings. The normalized spacial score (nSPS) is 10.3. The van der Waals surface area contributed by atoms with Crippen molar-refractivity contribution in [2.45, 2.75) is 6.42 Å². The Balaban J connectivity index is 1.60. The van der Waals surface area contributed by atoms with E-state index in [1.165, 1.54) is 11.3 Å². The number of carbonyl (C=O) groups excluding carboxylic acids is 1. The summed E-state index contributed by atoms with van der Waals surface area (Å²) < 4.78 is 5.10. The minimum absolute atomic E-state index is 0.116. The molecule has 6 nitrogen and oxygen atoms in total. The maximum absolute atomic E-state index is 12.1. The molecule has 1 amide bonds. The SMILES string of the molecule is O=C(O)COc1ccc(-c2csc(NC(=O)Cc3ccccc3)n2)cc1. The third-order valence-electron chi connectivity index (χ3n) is 3.47. The molecule has 0 unspecified atom stereocenters. The number of carboxylic acids is 1. The van der Waals surface area contributed by atoms with Crippen molar-refractivity contribution in [1.29, 1.82) is 0 Å². The Bertz CT molecular complexity index is 891. The number of hydrogen-bond donors (Lipinski definition) is 2. The summed E-state index contributed by atoms with van der Waals surface area (Å²) in [6, 6.07) is 16.5. The van der Waals surface area contributed by atoms with E-state index in [-0.39, 0.29) is 12.5 Å². The first-order valence-electron chi connectivity index (χ1n) is 7.84. The van der Waals surface area contributed by atoms with Gasteiger partial charge in [-0.2, -0.15) is 0 Å². The van der Waals surface area contributed by atoms with Crippen LogP contribution in [0.1, 0.15) is 5.56 Å². The van der Waals surface area contributed by atoms with E-state index in [2.05, 4.69) is 10.3 Å². The van der Waals surface area contributed by atoms with Crippen LogP contribution in [-0.4, -0.2) is 28.6 Å². The molecule has 7 heteroatoms. The highest BCUT2D eigenvalue weighted by Crippen LogP contribution is 2.26. The fraction of sp³-hybridized carbons (Fsp3) is 0.105. The second-order valence-corrected chi connectivity index (χ2v) is 6.31. The number of aromatic nitrogens is 1. The Labute approximate surface area is 154 Å². The van der Waals surface area contributed by atoms with Gasteiger partial charge in [-0.1, -0.05) is 30.3 Å². The highest BCUT2D eigenvalue weighted by atomic mass is 32.1. The van der Waals surface area contributed by atoms with Crippen molar-refractivity contribution < 1.29 is 19.4 Å². The Kier molecular flexibility index (Phi) is 5.60. The summed E-state index contributed by atoms with van der Waals surface area (Å²) in [5.74, 6) is -0.665. The van der Waals surface area contributed by atoms with Crippen molar-refractivity contribution in [3.8, 4) is 17.0 Å². The van der Waals surface area contributed by atoms with Gasteiger partial charge in [0.05, 0.1) is 12.1 Å². The average molecular weight is 368 g/mol. The van der Waals surface area contributed by atoms with Gasteiger partial charge in [0.2, 0.25) is 5.91 Å². The van der Waals surface area contributed by atoms with Gasteiger partial charge in [0.25, 0.3) is 0 Å². The lowest BCUT2D eigenvalue weighted by Gasteiger charge is -2.04. The average Bonchev–Trinajstić information content (AvgIpc) is 3.09. The first-order valence-corrected chi connectivity index (χ1v) is 8.72. The van der Waals surface area contributed by atoms with Crippen LogP contribution in [0.5, 0.6) is 5.75 Å². The molecule has 0 aliphatic carbocycles. The second kappa shape index (κ2) is 8.26. The second-order valence-electron chi connectivity index (χ2n) is 5.46. The number of nitrogens with one attached hydrogen (secondary N) is 1. The van der Waals surface area contributed by atoms with E-state index in [0.717, 1.165) is 16.8 Å². The molecule has 3 aromatic rings. The molecular weight excluding hydrogens is 352 g/mol. The smallest absolute Gasteiger partial charge is 0.341 e. The molecule has 0 spiro atoms. The Morgan fingerprint density at radius 1 is 1.08 bits per heavy atom. The monoisotopic (exact) mass is 368 g/mol. The maximum Gasteiger partial charge on any atom is 0.341 e. The highest BCUT2D eigenvalue weighted by molar-refractivity contribution is 7.14. The van der Waals surface area contributed by atoms with Crippen molar-refractivity contribution in [3.63, 3.8) is 0 Å². The summed E-state index contributed by atoms with van der Waals surface area (Å²) in [4.78, 5) is 27.0. The van der Waals surface area contributed by atoms with Crippen LogP contribution in [0, 0.1) is 0 Å². The summed E-state index contributed by atoms with van der Waals surface area (Å²) in [5, 5.41) is 13.8. The van der Waals surface area contributed by atoms with Crippen LogP contribution < -0.4 is 10.1 Å². The number of thiazole rings is 1. The van der Waals surface area contributed by atoms with Gasteiger partial charge < -0.3 is 15.2 Å². The third-order valence-corrected chi connectivity index (χ3v) is 4.23. The molecule has 26 heavy (non-hydrogen) atoms. The van der Waals surface area contributed by atoms with Gasteiger partial charge in [0, 0.05) is 10.9 Å². The first-order chi connectivity index (χ1) is 12.6. The van der Waals surface area contributed by atoms with E-state index in [1.54, 1.807) is 24.3 Å². The van der Waals surface area contributed by atoms with Gasteiger partial charge >= 0.3 is 5.97 Å². The summed E-state index contributed by atoms with van der Waals surface area (Å²) in [6.07, 6.45) is 0.297. The molecule has 2 aromatic carbocycles. The number of benzene rings is 2. The minimum atomic E-state index is -1.02. The minimum Gasteiger partial charge on any atom is -0.482 e. The quantitative estimate of drug-likeness (QED) is 0.667. The van der Waals surface area contributed by atoms with Crippen LogP contribution in [0.2, 0.25) is 0 Å². The standard InChI is InChI=1S/C19H16N2O4S/c22-17(10-13-4-2-1-3-5-13)21-19-20-16(12-26-19)14-6-8-15(9-7-14)25-11-18(23)24/h1-9,12H,10-11H2,(H,23,24)(H,20,21,22). The number of anilines is 1. The summed E-state index contributed by atoms with van der Waals surface area (Å²) in [5.41, 5.74) is 2.53. The van der Waals surface area contributed by atoms with Gasteiger partial charge in [-0.3, -0.25) is 4.79 Å². The van der Waals surface area contributed by atoms with Gasteiger partial charge in [0.15, 0.2) is 11.7 Å². The maximum atomic E-state index is 12.1. The van der Waals surface area contributed by atoms with Crippen LogP contribution in [-0.2, 0) is 16.0 Å². The molecule has 0 atom stereocenters. The molecule has 0 bridgehead atoms. The van der Waals surface area contributed by atoms with E-state index < -0.39 is 5.97 Å². The number of hydrogen-bond acceptors (Lipinski definition) is 5. The van der Waals surface area contributed by atoms with Crippen molar-refractivity contribution in [3.05, 3.63) is 65.5 Å². The number of ether oxygens (including phenoxy) is 1. The Morgan fingerprint density at radius 2 is 1.81 bits per heavy atom. The topological polar surface area (TPSA) is 88.5 Å². The predicted molar refractivity (Wildman–Crippen MR) is 99.5 cm³/mol. The van der Waals surface area contributed by atoms with Gasteiger partial charge in [-0.25, -0.2) is 9.78 Å². The zero-order chi connectivity index (χ0) is 18.4. The van der Waals surface area contributed by atoms with Crippen LogP contribution in [0.3, 0.4) is 0 Å². The highest BCUT2D eigenvalue weighted by Gasteiger charge is 2.09. The lowest BCUT2D eigenvalue weighted by molar-refractivity contribution is -0.139. The van der Waals surface area contributed by atoms with E-state index in [9.17, 15) is 9.59 Å². The van der Waals surface area contributed by atoms with Crippen molar-refractivity contribution in [1.82, 2.24) is 4.98 Å². The zero-order valence-electron chi connectivity index (χ0n) is 13.7. The van der Waals surface area contributed by atoms with E-state index >= 15 is 0 Å². The van der Waals surface area contributed by atoms with Crippen LogP contribution in [0.4, 0.5) is 5.13 Å².